The summed E-state index contributed by atoms with van der Waals surface area (Å²) in [6.45, 7) is 8.50. The zero-order valence-corrected chi connectivity index (χ0v) is 30.3. The molecule has 0 aliphatic rings. The molecule has 0 aliphatic carbocycles. The minimum Gasteiger partial charge on any atom is -0.509 e. The molecule has 0 spiro atoms. The van der Waals surface area contributed by atoms with Gasteiger partial charge in [0, 0.05) is 50.3 Å². The van der Waals surface area contributed by atoms with Crippen LogP contribution in [0, 0.1) is 39.8 Å². The fraction of sp³-hybridized carbons (Fsp3) is 0.158. The predicted octanol–water partition coefficient (Wildman–Crippen LogP) is 10.1. The Labute approximate surface area is 292 Å². The van der Waals surface area contributed by atoms with Crippen molar-refractivity contribution in [3.8, 4) is 34.1 Å². The molecule has 0 unspecified atom stereocenters. The molecule has 46 heavy (non-hydrogen) atoms. The van der Waals surface area contributed by atoms with E-state index in [0.29, 0.717) is 11.5 Å². The van der Waals surface area contributed by atoms with E-state index in [1.807, 2.05) is 35.3 Å². The van der Waals surface area contributed by atoms with E-state index in [0.717, 1.165) is 50.0 Å². The van der Waals surface area contributed by atoms with Crippen molar-refractivity contribution in [2.45, 2.75) is 37.5 Å². The van der Waals surface area contributed by atoms with Crippen molar-refractivity contribution < 1.29 is 25.8 Å². The molecular formula is C38H32N4OPtS2. The first-order chi connectivity index (χ1) is 21.8. The number of hydrogen-bond donors (Lipinski definition) is 0. The van der Waals surface area contributed by atoms with Crippen LogP contribution in [-0.4, -0.2) is 31.8 Å². The van der Waals surface area contributed by atoms with Gasteiger partial charge in [0.25, 0.3) is 0 Å². The van der Waals surface area contributed by atoms with Crippen LogP contribution in [0.3, 0.4) is 0 Å². The van der Waals surface area contributed by atoms with E-state index in [2.05, 4.69) is 112 Å². The third-order valence-corrected chi connectivity index (χ3v) is 9.88. The third kappa shape index (κ3) is 5.81. The molecule has 4 aromatic carbocycles. The van der Waals surface area contributed by atoms with Gasteiger partial charge in [-0.05, 0) is 79.2 Å². The summed E-state index contributed by atoms with van der Waals surface area (Å²) in [5, 5.41) is 7.02. The third-order valence-electron chi connectivity index (χ3n) is 8.01. The largest absolute Gasteiger partial charge is 2.00 e. The first kappa shape index (κ1) is 32.2. The molecule has 0 aliphatic heterocycles. The molecule has 232 valence electrons. The van der Waals surface area contributed by atoms with Crippen LogP contribution in [0.2, 0.25) is 0 Å². The SMILES string of the molecule is CSc1c(C)cc(C)c(SC)c1-c1cnn(-c2[c-]c(Oc3[c-]c4c(cc3)c3ccccc3n4-c3cc(C)ccn3)cc(C)c2)c1.[Pt+2]. The Kier molecular flexibility index (Phi) is 9.20. The van der Waals surface area contributed by atoms with E-state index in [9.17, 15) is 0 Å². The standard InChI is InChI=1S/C38H32N4OS2.Pt/c1-23-13-14-39-35(17-23)42-33-10-8-7-9-31(33)32-12-11-29(20-34(32)42)43-30-16-24(2)15-28(19-30)41-22-27(21-40-41)36-37(44-5)25(3)18-26(4)38(36)45-6;/h7-18,21-22H,1-6H3;/q-2;+2. The van der Waals surface area contributed by atoms with Crippen molar-refractivity contribution in [2.75, 3.05) is 12.5 Å². The van der Waals surface area contributed by atoms with Gasteiger partial charge in [0.15, 0.2) is 0 Å². The van der Waals surface area contributed by atoms with Gasteiger partial charge < -0.3 is 9.30 Å². The Morgan fingerprint density at radius 3 is 2.26 bits per heavy atom. The number of benzene rings is 4. The fourth-order valence-corrected chi connectivity index (χ4v) is 7.77. The molecular weight excluding hydrogens is 788 g/mol. The van der Waals surface area contributed by atoms with E-state index in [4.69, 9.17) is 14.8 Å². The Balaban J connectivity index is 0.00000372. The van der Waals surface area contributed by atoms with Crippen molar-refractivity contribution in [1.82, 2.24) is 19.3 Å². The molecule has 0 amide bonds. The van der Waals surface area contributed by atoms with Crippen molar-refractivity contribution in [1.29, 1.82) is 0 Å². The molecule has 0 radical (unpaired) electrons. The summed E-state index contributed by atoms with van der Waals surface area (Å²) in [6.07, 6.45) is 10.2. The Morgan fingerprint density at radius 2 is 1.52 bits per heavy atom. The quantitative estimate of drug-likeness (QED) is 0.118. The second-order valence-electron chi connectivity index (χ2n) is 11.3. The monoisotopic (exact) mass is 819 g/mol. The molecule has 5 nitrogen and oxygen atoms in total. The normalized spacial score (nSPS) is 11.3. The zero-order valence-electron chi connectivity index (χ0n) is 26.4. The molecule has 3 aromatic heterocycles. The number of thioether (sulfide) groups is 2. The summed E-state index contributed by atoms with van der Waals surface area (Å²) in [7, 11) is 0. The first-order valence-corrected chi connectivity index (χ1v) is 17.2. The average Bonchev–Trinajstić information content (AvgIpc) is 3.64. The predicted molar refractivity (Wildman–Crippen MR) is 188 cm³/mol. The molecule has 0 saturated carbocycles. The summed E-state index contributed by atoms with van der Waals surface area (Å²) >= 11 is 3.56. The molecule has 0 atom stereocenters. The van der Waals surface area contributed by atoms with Crippen LogP contribution >= 0.6 is 23.5 Å². The van der Waals surface area contributed by atoms with E-state index in [1.54, 1.807) is 23.5 Å². The number of rotatable bonds is 7. The van der Waals surface area contributed by atoms with Crippen molar-refractivity contribution >= 4 is 45.3 Å². The maximum Gasteiger partial charge on any atom is 2.00 e. The van der Waals surface area contributed by atoms with Gasteiger partial charge in [-0.1, -0.05) is 36.7 Å². The second-order valence-corrected chi connectivity index (χ2v) is 12.9. The molecule has 7 aromatic rings. The molecule has 7 rings (SSSR count). The Hall–Kier alpha value is -3.77. The van der Waals surface area contributed by atoms with Gasteiger partial charge in [-0.25, -0.2) is 4.98 Å². The van der Waals surface area contributed by atoms with Crippen molar-refractivity contribution in [2.24, 2.45) is 0 Å². The number of fused-ring (bicyclic) bond motifs is 3. The zero-order chi connectivity index (χ0) is 31.2. The van der Waals surface area contributed by atoms with Gasteiger partial charge in [0.2, 0.25) is 0 Å². The number of pyridine rings is 1. The van der Waals surface area contributed by atoms with E-state index in [1.165, 1.54) is 26.5 Å². The molecule has 0 bridgehead atoms. The number of aryl methyl sites for hydroxylation is 4. The van der Waals surface area contributed by atoms with Crippen LogP contribution in [0.15, 0.2) is 95.1 Å². The summed E-state index contributed by atoms with van der Waals surface area (Å²) in [6, 6.07) is 29.9. The summed E-state index contributed by atoms with van der Waals surface area (Å²) in [5.74, 6) is 2.07. The summed E-state index contributed by atoms with van der Waals surface area (Å²) in [5.41, 5.74) is 9.90. The van der Waals surface area contributed by atoms with Crippen LogP contribution < -0.4 is 4.74 Å². The van der Waals surface area contributed by atoms with Crippen LogP contribution in [0.1, 0.15) is 22.3 Å². The van der Waals surface area contributed by atoms with Gasteiger partial charge in [-0.2, -0.15) is 16.7 Å². The minimum atomic E-state index is 0. The number of hydrogen-bond acceptors (Lipinski definition) is 5. The number of nitrogens with zero attached hydrogens (tertiary/aromatic N) is 4. The Morgan fingerprint density at radius 1 is 0.761 bits per heavy atom. The summed E-state index contributed by atoms with van der Waals surface area (Å²) in [4.78, 5) is 7.26. The summed E-state index contributed by atoms with van der Waals surface area (Å²) < 4.78 is 10.5. The van der Waals surface area contributed by atoms with E-state index >= 15 is 0 Å². The van der Waals surface area contributed by atoms with Gasteiger partial charge in [0.1, 0.15) is 5.82 Å². The van der Waals surface area contributed by atoms with E-state index in [-0.39, 0.29) is 21.1 Å². The van der Waals surface area contributed by atoms with Crippen LogP contribution in [0.25, 0.3) is 44.4 Å². The number of ether oxygens (including phenoxy) is 1. The molecule has 8 heteroatoms. The van der Waals surface area contributed by atoms with Gasteiger partial charge in [0.05, 0.1) is 6.20 Å². The fourth-order valence-electron chi connectivity index (χ4n) is 6.10. The second kappa shape index (κ2) is 13.2. The topological polar surface area (TPSA) is 44.9 Å². The maximum absolute atomic E-state index is 6.44. The molecule has 3 heterocycles. The smallest absolute Gasteiger partial charge is 0.509 e. The molecule has 0 N–H and O–H groups in total. The maximum atomic E-state index is 6.44. The Bertz CT molecular complexity index is 2210. The molecule has 0 saturated heterocycles. The number of para-hydroxylation sites is 1. The van der Waals surface area contributed by atoms with Gasteiger partial charge in [-0.3, -0.25) is 4.68 Å². The van der Waals surface area contributed by atoms with Crippen molar-refractivity contribution in [3.63, 3.8) is 0 Å². The van der Waals surface area contributed by atoms with Crippen LogP contribution in [-0.2, 0) is 21.1 Å². The first-order valence-electron chi connectivity index (χ1n) is 14.7. The molecule has 0 fully saturated rings. The van der Waals surface area contributed by atoms with Crippen LogP contribution in [0.5, 0.6) is 11.5 Å². The van der Waals surface area contributed by atoms with Crippen LogP contribution in [0.4, 0.5) is 0 Å². The minimum absolute atomic E-state index is 0. The van der Waals surface area contributed by atoms with Crippen molar-refractivity contribution in [3.05, 3.63) is 120 Å². The van der Waals surface area contributed by atoms with Gasteiger partial charge in [-0.15, -0.1) is 59.2 Å². The average molecular weight is 820 g/mol. The number of aromatic nitrogens is 4. The van der Waals surface area contributed by atoms with Gasteiger partial charge >= 0.3 is 21.1 Å². The van der Waals surface area contributed by atoms with E-state index < -0.39 is 0 Å².